The van der Waals surface area contributed by atoms with Gasteiger partial charge in [-0.3, -0.25) is 9.59 Å². The zero-order valence-corrected chi connectivity index (χ0v) is 11.2. The highest BCUT2D eigenvalue weighted by atomic mass is 16.5. The molecule has 0 aromatic carbocycles. The molecule has 0 saturated heterocycles. The lowest BCUT2D eigenvalue weighted by Crippen LogP contribution is -2.48. The molecule has 0 atom stereocenters. The summed E-state index contributed by atoms with van der Waals surface area (Å²) in [5, 5.41) is 3.06. The van der Waals surface area contributed by atoms with Gasteiger partial charge in [0, 0.05) is 6.42 Å². The first kappa shape index (κ1) is 15.9. The van der Waals surface area contributed by atoms with E-state index >= 15 is 0 Å². The van der Waals surface area contributed by atoms with Crippen molar-refractivity contribution in [3.05, 3.63) is 0 Å². The first-order chi connectivity index (χ1) is 7.94. The van der Waals surface area contributed by atoms with Crippen molar-refractivity contribution in [3.8, 4) is 0 Å². The van der Waals surface area contributed by atoms with Crippen molar-refractivity contribution in [2.45, 2.75) is 46.1 Å². The van der Waals surface area contributed by atoms with E-state index in [2.05, 4.69) is 5.32 Å². The van der Waals surface area contributed by atoms with E-state index in [4.69, 9.17) is 9.47 Å². The van der Waals surface area contributed by atoms with Crippen LogP contribution in [0.3, 0.4) is 0 Å². The summed E-state index contributed by atoms with van der Waals surface area (Å²) >= 11 is 0. The van der Waals surface area contributed by atoms with Crippen molar-refractivity contribution >= 4 is 11.9 Å². The molecule has 0 aromatic heterocycles. The molecule has 0 rings (SSSR count). The fourth-order valence-corrected chi connectivity index (χ4v) is 1.25. The van der Waals surface area contributed by atoms with E-state index in [1.165, 1.54) is 0 Å². The number of esters is 2. The molecule has 0 spiro atoms. The summed E-state index contributed by atoms with van der Waals surface area (Å²) < 4.78 is 9.73. The second-order valence-electron chi connectivity index (χ2n) is 4.18. The van der Waals surface area contributed by atoms with E-state index in [0.717, 1.165) is 0 Å². The summed E-state index contributed by atoms with van der Waals surface area (Å²) in [6.07, 6.45) is 1.00. The SMILES string of the molecule is CCOC(=O)CCCNC(C)(C)C(=O)OCC. The lowest BCUT2D eigenvalue weighted by Gasteiger charge is -2.23. The Hall–Kier alpha value is -1.10. The highest BCUT2D eigenvalue weighted by molar-refractivity contribution is 5.79. The molecule has 0 fully saturated rings. The standard InChI is InChI=1S/C12H23NO4/c1-5-16-10(14)8-7-9-13-12(3,4)11(15)17-6-2/h13H,5-9H2,1-4H3. The topological polar surface area (TPSA) is 64.6 Å². The number of hydrogen-bond acceptors (Lipinski definition) is 5. The maximum Gasteiger partial charge on any atom is 0.325 e. The number of nitrogens with one attached hydrogen (secondary N) is 1. The molecule has 17 heavy (non-hydrogen) atoms. The van der Waals surface area contributed by atoms with Crippen LogP contribution in [0.1, 0.15) is 40.5 Å². The van der Waals surface area contributed by atoms with Crippen LogP contribution in [0.25, 0.3) is 0 Å². The van der Waals surface area contributed by atoms with Crippen molar-refractivity contribution in [1.29, 1.82) is 0 Å². The number of rotatable bonds is 8. The van der Waals surface area contributed by atoms with Gasteiger partial charge in [0.1, 0.15) is 5.54 Å². The van der Waals surface area contributed by atoms with Gasteiger partial charge in [0.05, 0.1) is 13.2 Å². The van der Waals surface area contributed by atoms with Crippen LogP contribution >= 0.6 is 0 Å². The Morgan fingerprint density at radius 1 is 1.12 bits per heavy atom. The third kappa shape index (κ3) is 6.94. The van der Waals surface area contributed by atoms with E-state index in [-0.39, 0.29) is 11.9 Å². The van der Waals surface area contributed by atoms with Gasteiger partial charge in [-0.05, 0) is 40.7 Å². The summed E-state index contributed by atoms with van der Waals surface area (Å²) in [7, 11) is 0. The van der Waals surface area contributed by atoms with Crippen molar-refractivity contribution in [2.75, 3.05) is 19.8 Å². The Bertz CT molecular complexity index is 251. The Balaban J connectivity index is 3.79. The van der Waals surface area contributed by atoms with Crippen LogP contribution in [0.15, 0.2) is 0 Å². The predicted octanol–water partition coefficient (Wildman–Crippen LogP) is 1.26. The molecule has 5 nitrogen and oxygen atoms in total. The second-order valence-corrected chi connectivity index (χ2v) is 4.18. The van der Waals surface area contributed by atoms with Crippen LogP contribution in [0.5, 0.6) is 0 Å². The number of carbonyl (C=O) groups is 2. The molecule has 0 radical (unpaired) electrons. The van der Waals surface area contributed by atoms with Crippen LogP contribution in [0.2, 0.25) is 0 Å². The summed E-state index contributed by atoms with van der Waals surface area (Å²) in [5.74, 6) is -0.487. The molecule has 100 valence electrons. The zero-order valence-electron chi connectivity index (χ0n) is 11.2. The Kier molecular flexibility index (Phi) is 7.54. The quantitative estimate of drug-likeness (QED) is 0.515. The highest BCUT2D eigenvalue weighted by Crippen LogP contribution is 2.05. The van der Waals surface area contributed by atoms with Crippen LogP contribution in [0, 0.1) is 0 Å². The second kappa shape index (κ2) is 8.06. The zero-order chi connectivity index (χ0) is 13.3. The smallest absolute Gasteiger partial charge is 0.325 e. The van der Waals surface area contributed by atoms with Gasteiger partial charge in [0.25, 0.3) is 0 Å². The normalized spacial score (nSPS) is 11.1. The maximum atomic E-state index is 11.5. The fraction of sp³-hybridized carbons (Fsp3) is 0.833. The van der Waals surface area contributed by atoms with Crippen LogP contribution in [-0.4, -0.2) is 37.2 Å². The minimum atomic E-state index is -0.718. The van der Waals surface area contributed by atoms with Gasteiger partial charge < -0.3 is 14.8 Å². The predicted molar refractivity (Wildman–Crippen MR) is 64.6 cm³/mol. The average molecular weight is 245 g/mol. The lowest BCUT2D eigenvalue weighted by atomic mass is 10.1. The summed E-state index contributed by atoms with van der Waals surface area (Å²) in [6, 6.07) is 0. The van der Waals surface area contributed by atoms with Crippen LogP contribution in [-0.2, 0) is 19.1 Å². The molecule has 0 heterocycles. The Labute approximate surface area is 103 Å². The monoisotopic (exact) mass is 245 g/mol. The molecule has 0 aromatic rings. The maximum absolute atomic E-state index is 11.5. The minimum absolute atomic E-state index is 0.205. The summed E-state index contributed by atoms with van der Waals surface area (Å²) in [5.41, 5.74) is -0.718. The van der Waals surface area contributed by atoms with Gasteiger partial charge >= 0.3 is 11.9 Å². The lowest BCUT2D eigenvalue weighted by molar-refractivity contribution is -0.149. The van der Waals surface area contributed by atoms with Crippen molar-refractivity contribution in [2.24, 2.45) is 0 Å². The molecule has 5 heteroatoms. The fourth-order valence-electron chi connectivity index (χ4n) is 1.25. The van der Waals surface area contributed by atoms with Gasteiger partial charge in [0.2, 0.25) is 0 Å². The largest absolute Gasteiger partial charge is 0.466 e. The molecule has 0 saturated carbocycles. The minimum Gasteiger partial charge on any atom is -0.466 e. The molecular formula is C12H23NO4. The summed E-state index contributed by atoms with van der Waals surface area (Å²) in [4.78, 5) is 22.6. The number of ether oxygens (including phenoxy) is 2. The Morgan fingerprint density at radius 3 is 2.24 bits per heavy atom. The number of hydrogen-bond donors (Lipinski definition) is 1. The van der Waals surface area contributed by atoms with E-state index in [0.29, 0.717) is 32.6 Å². The van der Waals surface area contributed by atoms with Gasteiger partial charge in [0.15, 0.2) is 0 Å². The van der Waals surface area contributed by atoms with Gasteiger partial charge in [-0.25, -0.2) is 0 Å². The van der Waals surface area contributed by atoms with Gasteiger partial charge in [-0.15, -0.1) is 0 Å². The summed E-state index contributed by atoms with van der Waals surface area (Å²) in [6.45, 7) is 8.41. The van der Waals surface area contributed by atoms with E-state index in [1.807, 2.05) is 0 Å². The van der Waals surface area contributed by atoms with E-state index < -0.39 is 5.54 Å². The first-order valence-corrected chi connectivity index (χ1v) is 6.02. The first-order valence-electron chi connectivity index (χ1n) is 6.02. The van der Waals surface area contributed by atoms with E-state index in [9.17, 15) is 9.59 Å². The molecule has 0 aliphatic heterocycles. The van der Waals surface area contributed by atoms with Gasteiger partial charge in [-0.2, -0.15) is 0 Å². The molecule has 0 unspecified atom stereocenters. The molecule has 0 aliphatic carbocycles. The molecule has 0 aliphatic rings. The van der Waals surface area contributed by atoms with Crippen molar-refractivity contribution in [3.63, 3.8) is 0 Å². The molecule has 0 bridgehead atoms. The third-order valence-electron chi connectivity index (χ3n) is 2.22. The van der Waals surface area contributed by atoms with E-state index in [1.54, 1.807) is 27.7 Å². The molecular weight excluding hydrogens is 222 g/mol. The average Bonchev–Trinajstić information content (AvgIpc) is 2.25. The van der Waals surface area contributed by atoms with Crippen LogP contribution in [0.4, 0.5) is 0 Å². The molecule has 1 N–H and O–H groups in total. The molecule has 0 amide bonds. The van der Waals surface area contributed by atoms with Gasteiger partial charge in [-0.1, -0.05) is 0 Å². The highest BCUT2D eigenvalue weighted by Gasteiger charge is 2.27. The van der Waals surface area contributed by atoms with Crippen LogP contribution < -0.4 is 5.32 Å². The number of carbonyl (C=O) groups excluding carboxylic acids is 2. The van der Waals surface area contributed by atoms with Crippen molar-refractivity contribution < 1.29 is 19.1 Å². The Morgan fingerprint density at radius 2 is 1.71 bits per heavy atom. The van der Waals surface area contributed by atoms with Crippen molar-refractivity contribution in [1.82, 2.24) is 5.32 Å². The third-order valence-corrected chi connectivity index (χ3v) is 2.22.